The van der Waals surface area contributed by atoms with Crippen molar-refractivity contribution in [1.82, 2.24) is 10.3 Å². The summed E-state index contributed by atoms with van der Waals surface area (Å²) in [6, 6.07) is 26.0. The Balaban J connectivity index is 1.42. The fourth-order valence-electron chi connectivity index (χ4n) is 3.17. The van der Waals surface area contributed by atoms with Crippen LogP contribution in [-0.4, -0.2) is 31.3 Å². The number of oxazole rings is 1. The van der Waals surface area contributed by atoms with Crippen molar-refractivity contribution in [3.8, 4) is 22.6 Å². The van der Waals surface area contributed by atoms with Gasteiger partial charge in [0, 0.05) is 23.9 Å². The molecule has 0 saturated heterocycles. The van der Waals surface area contributed by atoms with E-state index in [2.05, 4.69) is 10.3 Å². The van der Waals surface area contributed by atoms with Gasteiger partial charge in [-0.3, -0.25) is 4.79 Å². The zero-order valence-corrected chi connectivity index (χ0v) is 19.5. The third-order valence-electron chi connectivity index (χ3n) is 4.86. The van der Waals surface area contributed by atoms with E-state index in [0.717, 1.165) is 28.6 Å². The first-order chi connectivity index (χ1) is 15.9. The summed E-state index contributed by atoms with van der Waals surface area (Å²) in [5, 5.41) is 3.25. The van der Waals surface area contributed by atoms with E-state index in [-0.39, 0.29) is 16.6 Å². The Hall–Kier alpha value is -3.36. The highest BCUT2D eigenvalue weighted by molar-refractivity contribution is 7.99. The summed E-state index contributed by atoms with van der Waals surface area (Å²) in [5.74, 6) is 0.633. The zero-order chi connectivity index (χ0) is 23.3. The first-order valence-electron chi connectivity index (χ1n) is 10.2. The number of carbonyl (C=O) groups is 1. The zero-order valence-electron chi connectivity index (χ0n) is 17.9. The maximum Gasteiger partial charge on any atom is 0.257 e. The third-order valence-corrected chi connectivity index (χ3v) is 6.82. The molecule has 0 spiro atoms. The molecule has 0 saturated carbocycles. The first kappa shape index (κ1) is 22.8. The van der Waals surface area contributed by atoms with Gasteiger partial charge in [-0.25, -0.2) is 13.4 Å². The van der Waals surface area contributed by atoms with Crippen LogP contribution in [0.1, 0.15) is 5.56 Å². The number of aromatic nitrogens is 1. The highest BCUT2D eigenvalue weighted by Crippen LogP contribution is 2.35. The molecule has 0 aliphatic carbocycles. The van der Waals surface area contributed by atoms with Crippen molar-refractivity contribution in [2.45, 2.75) is 16.7 Å². The molecule has 0 fully saturated rings. The fraction of sp³-hybridized carbons (Fsp3) is 0.120. The third kappa shape index (κ3) is 5.91. The average molecular weight is 479 g/mol. The van der Waals surface area contributed by atoms with Gasteiger partial charge in [-0.1, -0.05) is 84.6 Å². The Morgan fingerprint density at radius 2 is 1.52 bits per heavy atom. The molecule has 1 heterocycles. The van der Waals surface area contributed by atoms with Crippen molar-refractivity contribution >= 4 is 27.5 Å². The molecule has 4 aromatic rings. The van der Waals surface area contributed by atoms with Gasteiger partial charge in [0.05, 0.1) is 10.6 Å². The van der Waals surface area contributed by atoms with Crippen molar-refractivity contribution in [1.29, 1.82) is 0 Å². The van der Waals surface area contributed by atoms with E-state index < -0.39 is 9.84 Å². The Morgan fingerprint density at radius 3 is 2.12 bits per heavy atom. The van der Waals surface area contributed by atoms with Gasteiger partial charge in [0.2, 0.25) is 5.91 Å². The Bertz CT molecular complexity index is 1280. The number of hydrogen-bond acceptors (Lipinski definition) is 6. The summed E-state index contributed by atoms with van der Waals surface area (Å²) < 4.78 is 29.1. The molecule has 168 valence electrons. The van der Waals surface area contributed by atoms with Crippen LogP contribution < -0.4 is 5.32 Å². The average Bonchev–Trinajstić information content (AvgIpc) is 3.27. The fourth-order valence-corrected chi connectivity index (χ4v) is 4.46. The molecule has 4 rings (SSSR count). The summed E-state index contributed by atoms with van der Waals surface area (Å²) in [4.78, 5) is 17.2. The lowest BCUT2D eigenvalue weighted by atomic mass is 10.1. The molecule has 0 aliphatic rings. The highest BCUT2D eigenvalue weighted by Gasteiger charge is 2.18. The number of hydrogen-bond donors (Lipinski definition) is 1. The van der Waals surface area contributed by atoms with E-state index in [1.54, 1.807) is 12.1 Å². The minimum Gasteiger partial charge on any atom is -0.431 e. The van der Waals surface area contributed by atoms with Crippen LogP contribution in [-0.2, 0) is 21.2 Å². The Kier molecular flexibility index (Phi) is 6.96. The van der Waals surface area contributed by atoms with Crippen molar-refractivity contribution in [2.75, 3.05) is 12.0 Å². The van der Waals surface area contributed by atoms with Gasteiger partial charge in [-0.15, -0.1) is 0 Å². The maximum atomic E-state index is 12.4. The molecule has 0 aliphatic heterocycles. The van der Waals surface area contributed by atoms with Gasteiger partial charge in [0.1, 0.15) is 5.69 Å². The molecule has 6 nitrogen and oxygen atoms in total. The van der Waals surface area contributed by atoms with Gasteiger partial charge in [-0.2, -0.15) is 0 Å². The highest BCUT2D eigenvalue weighted by atomic mass is 32.2. The number of sulfone groups is 1. The van der Waals surface area contributed by atoms with Gasteiger partial charge >= 0.3 is 0 Å². The minimum absolute atomic E-state index is 0.143. The topological polar surface area (TPSA) is 89.3 Å². The summed E-state index contributed by atoms with van der Waals surface area (Å²) >= 11 is 1.22. The second kappa shape index (κ2) is 10.1. The normalized spacial score (nSPS) is 11.3. The molecule has 33 heavy (non-hydrogen) atoms. The molecular formula is C25H22N2O4S2. The van der Waals surface area contributed by atoms with Crippen LogP contribution in [0.25, 0.3) is 22.6 Å². The predicted octanol–water partition coefficient (Wildman–Crippen LogP) is 4.82. The predicted molar refractivity (Wildman–Crippen MR) is 129 cm³/mol. The van der Waals surface area contributed by atoms with Crippen LogP contribution in [0.4, 0.5) is 0 Å². The summed E-state index contributed by atoms with van der Waals surface area (Å²) in [7, 11) is -3.24. The van der Waals surface area contributed by atoms with Gasteiger partial charge < -0.3 is 9.73 Å². The lowest BCUT2D eigenvalue weighted by Crippen LogP contribution is -2.24. The molecule has 0 radical (unpaired) electrons. The van der Waals surface area contributed by atoms with Crippen LogP contribution in [0.3, 0.4) is 0 Å². The van der Waals surface area contributed by atoms with Gasteiger partial charge in [0.25, 0.3) is 5.22 Å². The van der Waals surface area contributed by atoms with Crippen molar-refractivity contribution in [3.05, 3.63) is 90.5 Å². The number of thioether (sulfide) groups is 1. The van der Waals surface area contributed by atoms with E-state index in [1.807, 2.05) is 60.7 Å². The second-order valence-electron chi connectivity index (χ2n) is 7.37. The van der Waals surface area contributed by atoms with Crippen LogP contribution in [0.5, 0.6) is 0 Å². The number of benzene rings is 3. The molecule has 1 amide bonds. The van der Waals surface area contributed by atoms with Gasteiger partial charge in [-0.05, 0) is 17.7 Å². The quantitative estimate of drug-likeness (QED) is 0.365. The van der Waals surface area contributed by atoms with E-state index in [1.165, 1.54) is 23.9 Å². The van der Waals surface area contributed by atoms with E-state index in [4.69, 9.17) is 4.42 Å². The van der Waals surface area contributed by atoms with Gasteiger partial charge in [0.15, 0.2) is 15.6 Å². The minimum atomic E-state index is -3.24. The number of carbonyl (C=O) groups excluding carboxylic acids is 1. The molecular weight excluding hydrogens is 456 g/mol. The van der Waals surface area contributed by atoms with Crippen molar-refractivity contribution in [2.24, 2.45) is 0 Å². The number of nitrogens with one attached hydrogen (secondary N) is 1. The lowest BCUT2D eigenvalue weighted by Gasteiger charge is -2.05. The smallest absolute Gasteiger partial charge is 0.257 e. The summed E-state index contributed by atoms with van der Waals surface area (Å²) in [5.41, 5.74) is 3.40. The van der Waals surface area contributed by atoms with E-state index in [9.17, 15) is 13.2 Å². The largest absolute Gasteiger partial charge is 0.431 e. The lowest BCUT2D eigenvalue weighted by molar-refractivity contribution is -0.118. The molecule has 3 aromatic carbocycles. The van der Waals surface area contributed by atoms with Crippen LogP contribution in [0, 0.1) is 0 Å². The molecule has 8 heteroatoms. The molecule has 1 aromatic heterocycles. The van der Waals surface area contributed by atoms with Crippen molar-refractivity contribution < 1.29 is 17.6 Å². The SMILES string of the molecule is CS(=O)(=O)c1ccc(CNC(=O)CSc2nc(-c3ccccc3)c(-c3ccccc3)o2)cc1. The van der Waals surface area contributed by atoms with Crippen LogP contribution in [0.2, 0.25) is 0 Å². The molecule has 0 bridgehead atoms. The monoisotopic (exact) mass is 478 g/mol. The number of nitrogens with zero attached hydrogens (tertiary/aromatic N) is 1. The molecule has 1 N–H and O–H groups in total. The van der Waals surface area contributed by atoms with E-state index >= 15 is 0 Å². The molecule has 0 unspecified atom stereocenters. The number of rotatable bonds is 8. The standard InChI is InChI=1S/C25H22N2O4S2/c1-33(29,30)21-14-12-18(13-15-21)16-26-22(28)17-32-25-27-23(19-8-4-2-5-9-19)24(31-25)20-10-6-3-7-11-20/h2-15H,16-17H2,1H3,(H,26,28). The van der Waals surface area contributed by atoms with Crippen molar-refractivity contribution in [3.63, 3.8) is 0 Å². The summed E-state index contributed by atoms with van der Waals surface area (Å²) in [6.45, 7) is 0.305. The van der Waals surface area contributed by atoms with Crippen LogP contribution >= 0.6 is 11.8 Å². The summed E-state index contributed by atoms with van der Waals surface area (Å²) in [6.07, 6.45) is 1.16. The number of amides is 1. The second-order valence-corrected chi connectivity index (χ2v) is 10.3. The van der Waals surface area contributed by atoms with Crippen LogP contribution in [0.15, 0.2) is 99.5 Å². The Labute approximate surface area is 197 Å². The maximum absolute atomic E-state index is 12.4. The molecule has 0 atom stereocenters. The van der Waals surface area contributed by atoms with E-state index in [0.29, 0.717) is 17.5 Å². The first-order valence-corrected chi connectivity index (χ1v) is 13.1. The Morgan fingerprint density at radius 1 is 0.909 bits per heavy atom.